The van der Waals surface area contributed by atoms with Crippen molar-refractivity contribution in [1.29, 1.82) is 0 Å². The van der Waals surface area contributed by atoms with Crippen molar-refractivity contribution >= 4 is 0 Å². The molecule has 0 aliphatic heterocycles. The molecule has 2 aromatic rings. The molecule has 82 valence electrons. The Hall–Kier alpha value is -1.76. The first-order chi connectivity index (χ1) is 7.79. The van der Waals surface area contributed by atoms with Gasteiger partial charge in [-0.2, -0.15) is 0 Å². The average molecular weight is 212 g/mol. The van der Waals surface area contributed by atoms with Crippen LogP contribution in [0.3, 0.4) is 0 Å². The van der Waals surface area contributed by atoms with Crippen molar-refractivity contribution < 1.29 is 4.74 Å². The molecule has 0 fully saturated rings. The first-order valence-corrected chi connectivity index (χ1v) is 5.47. The van der Waals surface area contributed by atoms with Crippen molar-refractivity contribution in [2.75, 3.05) is 7.11 Å². The zero-order valence-electron chi connectivity index (χ0n) is 9.73. The van der Waals surface area contributed by atoms with E-state index >= 15 is 0 Å². The predicted octanol–water partition coefficient (Wildman–Crippen LogP) is 3.59. The van der Waals surface area contributed by atoms with E-state index in [0.717, 1.165) is 12.2 Å². The number of benzene rings is 2. The van der Waals surface area contributed by atoms with Crippen LogP contribution in [-0.4, -0.2) is 7.11 Å². The number of ether oxygens (including phenoxy) is 1. The van der Waals surface area contributed by atoms with Crippen molar-refractivity contribution in [2.24, 2.45) is 0 Å². The van der Waals surface area contributed by atoms with Gasteiger partial charge in [0.2, 0.25) is 0 Å². The zero-order chi connectivity index (χ0) is 11.4. The summed E-state index contributed by atoms with van der Waals surface area (Å²) in [5.41, 5.74) is 3.98. The summed E-state index contributed by atoms with van der Waals surface area (Å²) in [5.74, 6) is 0.925. The van der Waals surface area contributed by atoms with E-state index in [1.54, 1.807) is 7.11 Å². The molecule has 0 aliphatic rings. The van der Waals surface area contributed by atoms with Crippen LogP contribution in [0.2, 0.25) is 0 Å². The van der Waals surface area contributed by atoms with Crippen LogP contribution < -0.4 is 4.74 Å². The number of rotatable bonds is 3. The fourth-order valence-electron chi connectivity index (χ4n) is 1.81. The van der Waals surface area contributed by atoms with Gasteiger partial charge >= 0.3 is 0 Å². The minimum atomic E-state index is 0.925. The summed E-state index contributed by atoms with van der Waals surface area (Å²) >= 11 is 0. The number of aryl methyl sites for hydroxylation is 1. The van der Waals surface area contributed by atoms with Gasteiger partial charge in [-0.1, -0.05) is 36.4 Å². The second-order valence-corrected chi connectivity index (χ2v) is 3.95. The molecule has 1 nitrogen and oxygen atoms in total. The fraction of sp³-hybridized carbons (Fsp3) is 0.200. The van der Waals surface area contributed by atoms with Gasteiger partial charge in [0, 0.05) is 0 Å². The average Bonchev–Trinajstić information content (AvgIpc) is 2.33. The van der Waals surface area contributed by atoms with E-state index in [1.807, 2.05) is 12.1 Å². The quantitative estimate of drug-likeness (QED) is 0.755. The van der Waals surface area contributed by atoms with E-state index < -0.39 is 0 Å². The molecule has 0 bridgehead atoms. The molecule has 1 heteroatoms. The molecule has 0 radical (unpaired) electrons. The van der Waals surface area contributed by atoms with Gasteiger partial charge in [0.1, 0.15) is 5.75 Å². The maximum Gasteiger partial charge on any atom is 0.119 e. The highest BCUT2D eigenvalue weighted by Gasteiger charge is 2.01. The number of hydrogen-bond donors (Lipinski definition) is 0. The second kappa shape index (κ2) is 4.84. The Bertz CT molecular complexity index is 460. The summed E-state index contributed by atoms with van der Waals surface area (Å²) in [6, 6.07) is 16.8. The number of hydrogen-bond acceptors (Lipinski definition) is 1. The lowest BCUT2D eigenvalue weighted by Gasteiger charge is -2.08. The summed E-state index contributed by atoms with van der Waals surface area (Å²) in [7, 11) is 1.70. The van der Waals surface area contributed by atoms with E-state index in [1.165, 1.54) is 16.7 Å². The molecule has 0 aliphatic carbocycles. The van der Waals surface area contributed by atoms with Crippen LogP contribution in [-0.2, 0) is 6.42 Å². The van der Waals surface area contributed by atoms with Gasteiger partial charge in [0.25, 0.3) is 0 Å². The molecular weight excluding hydrogens is 196 g/mol. The second-order valence-electron chi connectivity index (χ2n) is 3.95. The number of methoxy groups -OCH3 is 1. The van der Waals surface area contributed by atoms with E-state index in [4.69, 9.17) is 4.74 Å². The predicted molar refractivity (Wildman–Crippen MR) is 67.0 cm³/mol. The molecule has 0 amide bonds. The van der Waals surface area contributed by atoms with Crippen molar-refractivity contribution in [1.82, 2.24) is 0 Å². The van der Waals surface area contributed by atoms with Crippen LogP contribution in [0.1, 0.15) is 16.7 Å². The summed E-state index contributed by atoms with van der Waals surface area (Å²) in [6.45, 7) is 2.13. The van der Waals surface area contributed by atoms with Crippen molar-refractivity contribution in [3.8, 4) is 5.75 Å². The van der Waals surface area contributed by atoms with Gasteiger partial charge in [-0.3, -0.25) is 0 Å². The third-order valence-electron chi connectivity index (χ3n) is 2.79. The normalized spacial score (nSPS) is 10.1. The highest BCUT2D eigenvalue weighted by molar-refractivity contribution is 5.37. The van der Waals surface area contributed by atoms with Crippen LogP contribution >= 0.6 is 0 Å². The minimum Gasteiger partial charge on any atom is -0.497 e. The van der Waals surface area contributed by atoms with E-state index in [9.17, 15) is 0 Å². The SMILES string of the molecule is COc1ccc(Cc2ccccc2)c(C)c1. The smallest absolute Gasteiger partial charge is 0.119 e. The summed E-state index contributed by atoms with van der Waals surface area (Å²) in [6.07, 6.45) is 0.983. The first kappa shape index (κ1) is 10.7. The molecule has 0 unspecified atom stereocenters. The maximum atomic E-state index is 5.20. The lowest BCUT2D eigenvalue weighted by Crippen LogP contribution is -1.92. The minimum absolute atomic E-state index is 0.925. The fourth-order valence-corrected chi connectivity index (χ4v) is 1.81. The lowest BCUT2D eigenvalue weighted by atomic mass is 10.0. The van der Waals surface area contributed by atoms with E-state index in [-0.39, 0.29) is 0 Å². The van der Waals surface area contributed by atoms with Gasteiger partial charge in [-0.05, 0) is 42.2 Å². The topological polar surface area (TPSA) is 9.23 Å². The molecule has 0 heterocycles. The summed E-state index contributed by atoms with van der Waals surface area (Å²) < 4.78 is 5.20. The molecule has 2 aromatic carbocycles. The van der Waals surface area contributed by atoms with Crippen molar-refractivity contribution in [3.63, 3.8) is 0 Å². The van der Waals surface area contributed by atoms with Gasteiger partial charge in [0.05, 0.1) is 7.11 Å². The molecule has 0 saturated heterocycles. The van der Waals surface area contributed by atoms with Gasteiger partial charge in [-0.25, -0.2) is 0 Å². The summed E-state index contributed by atoms with van der Waals surface area (Å²) in [5, 5.41) is 0. The Balaban J connectivity index is 2.22. The standard InChI is InChI=1S/C15H16O/c1-12-10-15(16-2)9-8-14(12)11-13-6-4-3-5-7-13/h3-10H,11H2,1-2H3. The Morgan fingerprint density at radius 1 is 1.00 bits per heavy atom. The van der Waals surface area contributed by atoms with Gasteiger partial charge in [0.15, 0.2) is 0 Å². The molecule has 0 spiro atoms. The maximum absolute atomic E-state index is 5.20. The van der Waals surface area contributed by atoms with E-state index in [0.29, 0.717) is 0 Å². The molecule has 0 aromatic heterocycles. The third kappa shape index (κ3) is 2.43. The molecule has 0 N–H and O–H groups in total. The zero-order valence-corrected chi connectivity index (χ0v) is 9.73. The Morgan fingerprint density at radius 3 is 2.38 bits per heavy atom. The molecule has 16 heavy (non-hydrogen) atoms. The van der Waals surface area contributed by atoms with Crippen LogP contribution in [0.5, 0.6) is 5.75 Å². The molecular formula is C15H16O. The Labute approximate surface area is 96.7 Å². The van der Waals surface area contributed by atoms with Crippen LogP contribution in [0.4, 0.5) is 0 Å². The Morgan fingerprint density at radius 2 is 1.75 bits per heavy atom. The molecule has 0 saturated carbocycles. The summed E-state index contributed by atoms with van der Waals surface area (Å²) in [4.78, 5) is 0. The Kier molecular flexibility index (Phi) is 3.25. The largest absolute Gasteiger partial charge is 0.497 e. The molecule has 2 rings (SSSR count). The van der Waals surface area contributed by atoms with Gasteiger partial charge < -0.3 is 4.74 Å². The molecule has 0 atom stereocenters. The first-order valence-electron chi connectivity index (χ1n) is 5.47. The van der Waals surface area contributed by atoms with Crippen molar-refractivity contribution in [3.05, 3.63) is 65.2 Å². The van der Waals surface area contributed by atoms with Crippen LogP contribution in [0, 0.1) is 6.92 Å². The van der Waals surface area contributed by atoms with E-state index in [2.05, 4.69) is 43.3 Å². The highest BCUT2D eigenvalue weighted by atomic mass is 16.5. The monoisotopic (exact) mass is 212 g/mol. The highest BCUT2D eigenvalue weighted by Crippen LogP contribution is 2.19. The van der Waals surface area contributed by atoms with Crippen molar-refractivity contribution in [2.45, 2.75) is 13.3 Å². The van der Waals surface area contributed by atoms with Gasteiger partial charge in [-0.15, -0.1) is 0 Å². The van der Waals surface area contributed by atoms with Crippen LogP contribution in [0.15, 0.2) is 48.5 Å². The third-order valence-corrected chi connectivity index (χ3v) is 2.79. The lowest BCUT2D eigenvalue weighted by molar-refractivity contribution is 0.414. The van der Waals surface area contributed by atoms with Crippen LogP contribution in [0.25, 0.3) is 0 Å².